The van der Waals surface area contributed by atoms with Crippen molar-refractivity contribution in [1.82, 2.24) is 10.2 Å². The van der Waals surface area contributed by atoms with Crippen LogP contribution in [0.1, 0.15) is 37.0 Å². The normalized spacial score (nSPS) is 23.8. The molecule has 3 rings (SSSR count). The summed E-state index contributed by atoms with van der Waals surface area (Å²) in [6, 6.07) is 6.86. The van der Waals surface area contributed by atoms with E-state index in [1.54, 1.807) is 11.1 Å². The zero-order valence-electron chi connectivity index (χ0n) is 12.3. The van der Waals surface area contributed by atoms with Crippen LogP contribution >= 0.6 is 0 Å². The number of fused-ring (bicyclic) bond motifs is 1. The second kappa shape index (κ2) is 5.64. The topological polar surface area (TPSA) is 15.3 Å². The standard InChI is InChI=1S/C17H26N2/c1-13(2)15-7-9-19(11-15)12-16-5-3-4-14-10-18-8-6-17(14)16/h3-5,13,15,18H,6-12H2,1-2H3. The molecule has 0 amide bonds. The van der Waals surface area contributed by atoms with E-state index in [0.29, 0.717) is 0 Å². The molecule has 2 nitrogen and oxygen atoms in total. The van der Waals surface area contributed by atoms with Gasteiger partial charge in [0.2, 0.25) is 0 Å². The van der Waals surface area contributed by atoms with Crippen LogP contribution in [0, 0.1) is 11.8 Å². The third-order valence-electron chi connectivity index (χ3n) is 4.88. The lowest BCUT2D eigenvalue weighted by molar-refractivity contribution is 0.295. The van der Waals surface area contributed by atoms with Gasteiger partial charge in [-0.1, -0.05) is 32.0 Å². The zero-order valence-corrected chi connectivity index (χ0v) is 12.3. The molecule has 104 valence electrons. The van der Waals surface area contributed by atoms with Gasteiger partial charge in [-0.25, -0.2) is 0 Å². The van der Waals surface area contributed by atoms with Crippen molar-refractivity contribution in [3.63, 3.8) is 0 Å². The van der Waals surface area contributed by atoms with Crippen molar-refractivity contribution in [2.24, 2.45) is 11.8 Å². The van der Waals surface area contributed by atoms with Gasteiger partial charge in [0.15, 0.2) is 0 Å². The van der Waals surface area contributed by atoms with E-state index in [1.807, 2.05) is 0 Å². The van der Waals surface area contributed by atoms with Crippen molar-refractivity contribution in [3.8, 4) is 0 Å². The Hall–Kier alpha value is -0.860. The Morgan fingerprint density at radius 3 is 3.05 bits per heavy atom. The maximum Gasteiger partial charge on any atom is 0.0236 e. The summed E-state index contributed by atoms with van der Waals surface area (Å²) in [6.07, 6.45) is 2.58. The van der Waals surface area contributed by atoms with E-state index in [0.717, 1.165) is 31.5 Å². The fraction of sp³-hybridized carbons (Fsp3) is 0.647. The average molecular weight is 258 g/mol. The molecule has 0 aliphatic carbocycles. The minimum absolute atomic E-state index is 0.832. The van der Waals surface area contributed by atoms with Gasteiger partial charge >= 0.3 is 0 Å². The second-order valence-corrected chi connectivity index (χ2v) is 6.51. The molecule has 2 heterocycles. The molecule has 1 atom stereocenters. The minimum atomic E-state index is 0.832. The summed E-state index contributed by atoms with van der Waals surface area (Å²) in [7, 11) is 0. The Morgan fingerprint density at radius 1 is 1.37 bits per heavy atom. The fourth-order valence-corrected chi connectivity index (χ4v) is 3.55. The highest BCUT2D eigenvalue weighted by Crippen LogP contribution is 2.27. The summed E-state index contributed by atoms with van der Waals surface area (Å²) in [5.41, 5.74) is 4.71. The van der Waals surface area contributed by atoms with Crippen LogP contribution in [0.15, 0.2) is 18.2 Å². The van der Waals surface area contributed by atoms with E-state index in [2.05, 4.69) is 42.3 Å². The van der Waals surface area contributed by atoms with Crippen LogP contribution in [0.25, 0.3) is 0 Å². The summed E-state index contributed by atoms with van der Waals surface area (Å²) >= 11 is 0. The minimum Gasteiger partial charge on any atom is -0.312 e. The maximum atomic E-state index is 3.47. The Kier molecular flexibility index (Phi) is 3.90. The third kappa shape index (κ3) is 2.85. The van der Waals surface area contributed by atoms with E-state index in [-0.39, 0.29) is 0 Å². The van der Waals surface area contributed by atoms with Crippen LogP contribution < -0.4 is 5.32 Å². The Bertz CT molecular complexity index is 439. The summed E-state index contributed by atoms with van der Waals surface area (Å²) in [5.74, 6) is 1.74. The molecule has 1 saturated heterocycles. The molecule has 0 spiro atoms. The van der Waals surface area contributed by atoms with Crippen molar-refractivity contribution in [2.45, 2.75) is 39.8 Å². The molecule has 2 heteroatoms. The SMILES string of the molecule is CC(C)C1CCN(Cc2cccc3c2CCNC3)C1. The predicted molar refractivity (Wildman–Crippen MR) is 80.1 cm³/mol. The van der Waals surface area contributed by atoms with Crippen LogP contribution in [-0.4, -0.2) is 24.5 Å². The smallest absolute Gasteiger partial charge is 0.0236 e. The highest BCUT2D eigenvalue weighted by atomic mass is 15.1. The molecule has 1 aromatic carbocycles. The number of rotatable bonds is 3. The molecule has 1 unspecified atom stereocenters. The number of hydrogen-bond donors (Lipinski definition) is 1. The number of nitrogens with zero attached hydrogens (tertiary/aromatic N) is 1. The van der Waals surface area contributed by atoms with Crippen LogP contribution in [0.2, 0.25) is 0 Å². The van der Waals surface area contributed by atoms with Gasteiger partial charge in [0.1, 0.15) is 0 Å². The van der Waals surface area contributed by atoms with Crippen molar-refractivity contribution < 1.29 is 0 Å². The molecule has 1 N–H and O–H groups in total. The number of nitrogens with one attached hydrogen (secondary N) is 1. The van der Waals surface area contributed by atoms with E-state index in [9.17, 15) is 0 Å². The summed E-state index contributed by atoms with van der Waals surface area (Å²) in [4.78, 5) is 2.66. The number of benzene rings is 1. The lowest BCUT2D eigenvalue weighted by Crippen LogP contribution is -2.27. The van der Waals surface area contributed by atoms with Crippen LogP contribution in [0.4, 0.5) is 0 Å². The van der Waals surface area contributed by atoms with Gasteiger partial charge in [0, 0.05) is 19.6 Å². The van der Waals surface area contributed by atoms with E-state index in [1.165, 1.54) is 31.5 Å². The van der Waals surface area contributed by atoms with E-state index in [4.69, 9.17) is 0 Å². The van der Waals surface area contributed by atoms with Gasteiger partial charge in [-0.3, -0.25) is 4.90 Å². The Labute approximate surface area is 117 Å². The van der Waals surface area contributed by atoms with Crippen molar-refractivity contribution in [2.75, 3.05) is 19.6 Å². The molecule has 0 aromatic heterocycles. The summed E-state index contributed by atoms with van der Waals surface area (Å²) < 4.78 is 0. The number of hydrogen-bond acceptors (Lipinski definition) is 2. The van der Waals surface area contributed by atoms with Crippen LogP contribution in [0.3, 0.4) is 0 Å². The first-order valence-electron chi connectivity index (χ1n) is 7.76. The van der Waals surface area contributed by atoms with Crippen LogP contribution in [-0.2, 0) is 19.5 Å². The molecular formula is C17H26N2. The monoisotopic (exact) mass is 258 g/mol. The van der Waals surface area contributed by atoms with Gasteiger partial charge in [-0.15, -0.1) is 0 Å². The zero-order chi connectivity index (χ0) is 13.2. The van der Waals surface area contributed by atoms with E-state index >= 15 is 0 Å². The summed E-state index contributed by atoms with van der Waals surface area (Å²) in [6.45, 7) is 10.7. The van der Waals surface area contributed by atoms with Crippen molar-refractivity contribution >= 4 is 0 Å². The quantitative estimate of drug-likeness (QED) is 0.897. The van der Waals surface area contributed by atoms with Crippen molar-refractivity contribution in [3.05, 3.63) is 34.9 Å². The molecular weight excluding hydrogens is 232 g/mol. The van der Waals surface area contributed by atoms with E-state index < -0.39 is 0 Å². The third-order valence-corrected chi connectivity index (χ3v) is 4.88. The second-order valence-electron chi connectivity index (χ2n) is 6.51. The first kappa shape index (κ1) is 13.1. The molecule has 2 aliphatic heterocycles. The fourth-order valence-electron chi connectivity index (χ4n) is 3.55. The predicted octanol–water partition coefficient (Wildman–Crippen LogP) is 2.81. The largest absolute Gasteiger partial charge is 0.312 e. The lowest BCUT2D eigenvalue weighted by Gasteiger charge is -2.24. The average Bonchev–Trinajstić information content (AvgIpc) is 2.88. The maximum absolute atomic E-state index is 3.47. The van der Waals surface area contributed by atoms with Gasteiger partial charge in [0.25, 0.3) is 0 Å². The first-order valence-corrected chi connectivity index (χ1v) is 7.76. The van der Waals surface area contributed by atoms with Gasteiger partial charge in [0.05, 0.1) is 0 Å². The van der Waals surface area contributed by atoms with Crippen molar-refractivity contribution in [1.29, 1.82) is 0 Å². The molecule has 1 fully saturated rings. The molecule has 0 radical (unpaired) electrons. The first-order chi connectivity index (χ1) is 9.24. The number of likely N-dealkylation sites (tertiary alicyclic amines) is 1. The summed E-state index contributed by atoms with van der Waals surface area (Å²) in [5, 5.41) is 3.47. The molecule has 19 heavy (non-hydrogen) atoms. The highest BCUT2D eigenvalue weighted by molar-refractivity contribution is 5.37. The Morgan fingerprint density at radius 2 is 2.26 bits per heavy atom. The molecule has 2 aliphatic rings. The van der Waals surface area contributed by atoms with Crippen LogP contribution in [0.5, 0.6) is 0 Å². The molecule has 1 aromatic rings. The molecule has 0 saturated carbocycles. The lowest BCUT2D eigenvalue weighted by atomic mass is 9.94. The van der Waals surface area contributed by atoms with Gasteiger partial charge in [-0.2, -0.15) is 0 Å². The van der Waals surface area contributed by atoms with Gasteiger partial charge in [-0.05, 0) is 54.5 Å². The Balaban J connectivity index is 1.71. The van der Waals surface area contributed by atoms with Gasteiger partial charge < -0.3 is 5.32 Å². The molecule has 0 bridgehead atoms. The highest BCUT2D eigenvalue weighted by Gasteiger charge is 2.25.